The van der Waals surface area contributed by atoms with Crippen LogP contribution in [0.25, 0.3) is 22.2 Å². The van der Waals surface area contributed by atoms with E-state index in [1.54, 1.807) is 30.3 Å². The van der Waals surface area contributed by atoms with Crippen LogP contribution in [-0.2, 0) is 11.2 Å². The van der Waals surface area contributed by atoms with Gasteiger partial charge in [-0.3, -0.25) is 9.78 Å². The van der Waals surface area contributed by atoms with Crippen LogP contribution < -0.4 is 15.7 Å². The van der Waals surface area contributed by atoms with Crippen LogP contribution in [0.2, 0.25) is 0 Å². The molecule has 0 saturated carbocycles. The van der Waals surface area contributed by atoms with Gasteiger partial charge in [-0.05, 0) is 23.8 Å². The number of ether oxygens (including phenoxy) is 1. The number of fused-ring (bicyclic) bond motifs is 1. The molecule has 0 atom stereocenters. The van der Waals surface area contributed by atoms with Crippen molar-refractivity contribution in [3.05, 3.63) is 88.9 Å². The van der Waals surface area contributed by atoms with E-state index in [9.17, 15) is 22.8 Å². The van der Waals surface area contributed by atoms with Crippen LogP contribution in [0, 0.1) is 0 Å². The van der Waals surface area contributed by atoms with E-state index in [2.05, 4.69) is 15.0 Å². The van der Waals surface area contributed by atoms with Gasteiger partial charge in [-0.25, -0.2) is 4.79 Å². The first-order valence-electron chi connectivity index (χ1n) is 9.42. The third kappa shape index (κ3) is 4.61. The maximum atomic E-state index is 12.9. The zero-order chi connectivity index (χ0) is 22.7. The van der Waals surface area contributed by atoms with Gasteiger partial charge in [-0.2, -0.15) is 0 Å². The highest BCUT2D eigenvalue weighted by Crippen LogP contribution is 2.38. The van der Waals surface area contributed by atoms with Gasteiger partial charge in [0.05, 0.1) is 17.7 Å². The second-order valence-corrected chi connectivity index (χ2v) is 6.74. The minimum Gasteiger partial charge on any atom is -0.420 e. The molecule has 2 heterocycles. The van der Waals surface area contributed by atoms with Crippen LogP contribution in [0.15, 0.2) is 82.1 Å². The second-order valence-electron chi connectivity index (χ2n) is 6.74. The SMILES string of the molecule is O=C(Cc1ccccc1)Nc1c(-c2ccccc2OC(F)(F)F)c(=O)oc2cccnc12. The fraction of sp³-hybridized carbons (Fsp3) is 0.0870. The topological polar surface area (TPSA) is 81.4 Å². The summed E-state index contributed by atoms with van der Waals surface area (Å²) in [4.78, 5) is 29.7. The molecule has 0 aliphatic carbocycles. The molecule has 6 nitrogen and oxygen atoms in total. The third-order valence-corrected chi connectivity index (χ3v) is 4.52. The fourth-order valence-corrected chi connectivity index (χ4v) is 3.25. The number of carbonyl (C=O) groups excluding carboxylic acids is 1. The first kappa shape index (κ1) is 21.1. The standard InChI is InChI=1S/C23H15F3N2O4/c24-23(25,26)32-16-10-5-4-9-15(16)19-21(20-17(31-22(19)30)11-6-12-27-20)28-18(29)13-14-7-2-1-3-8-14/h1-12H,13H2,(H,28,29). The number of carbonyl (C=O) groups is 1. The number of benzene rings is 2. The molecule has 4 rings (SSSR count). The smallest absolute Gasteiger partial charge is 0.420 e. The van der Waals surface area contributed by atoms with Crippen molar-refractivity contribution in [1.29, 1.82) is 0 Å². The predicted octanol–water partition coefficient (Wildman–Crippen LogP) is 4.93. The number of halogens is 3. The largest absolute Gasteiger partial charge is 0.573 e. The normalized spacial score (nSPS) is 11.3. The van der Waals surface area contributed by atoms with Crippen LogP contribution in [0.4, 0.5) is 18.9 Å². The Hall–Kier alpha value is -4.14. The molecule has 0 unspecified atom stereocenters. The summed E-state index contributed by atoms with van der Waals surface area (Å²) in [5.74, 6) is -1.09. The van der Waals surface area contributed by atoms with E-state index < -0.39 is 23.6 Å². The maximum absolute atomic E-state index is 12.9. The van der Waals surface area contributed by atoms with Gasteiger partial charge in [-0.15, -0.1) is 13.2 Å². The lowest BCUT2D eigenvalue weighted by Gasteiger charge is -2.16. The summed E-state index contributed by atoms with van der Waals surface area (Å²) in [6.45, 7) is 0. The molecule has 4 aromatic rings. The highest BCUT2D eigenvalue weighted by Gasteiger charge is 2.33. The Morgan fingerprint density at radius 1 is 1.00 bits per heavy atom. The van der Waals surface area contributed by atoms with E-state index >= 15 is 0 Å². The number of anilines is 1. The Bertz CT molecular complexity index is 1330. The number of pyridine rings is 1. The van der Waals surface area contributed by atoms with E-state index in [1.165, 1.54) is 36.5 Å². The van der Waals surface area contributed by atoms with Crippen molar-refractivity contribution in [1.82, 2.24) is 4.98 Å². The molecule has 0 radical (unpaired) electrons. The van der Waals surface area contributed by atoms with E-state index in [0.717, 1.165) is 6.07 Å². The van der Waals surface area contributed by atoms with Crippen molar-refractivity contribution >= 4 is 22.7 Å². The maximum Gasteiger partial charge on any atom is 0.573 e. The zero-order valence-electron chi connectivity index (χ0n) is 16.3. The van der Waals surface area contributed by atoms with Crippen LogP contribution in [0.3, 0.4) is 0 Å². The number of para-hydroxylation sites is 1. The van der Waals surface area contributed by atoms with Gasteiger partial charge in [0.1, 0.15) is 11.3 Å². The average molecular weight is 440 g/mol. The lowest BCUT2D eigenvalue weighted by atomic mass is 10.0. The van der Waals surface area contributed by atoms with Gasteiger partial charge < -0.3 is 14.5 Å². The summed E-state index contributed by atoms with van der Waals surface area (Å²) in [5.41, 5.74) is -0.586. The van der Waals surface area contributed by atoms with E-state index in [0.29, 0.717) is 5.56 Å². The molecule has 0 aliphatic rings. The Kier molecular flexibility index (Phi) is 5.63. The number of hydrogen-bond donors (Lipinski definition) is 1. The Balaban J connectivity index is 1.86. The van der Waals surface area contributed by atoms with Crippen molar-refractivity contribution < 1.29 is 27.1 Å². The first-order chi connectivity index (χ1) is 15.3. The zero-order valence-corrected chi connectivity index (χ0v) is 16.3. The van der Waals surface area contributed by atoms with E-state index in [1.807, 2.05) is 0 Å². The monoisotopic (exact) mass is 440 g/mol. The molecule has 0 aliphatic heterocycles. The Morgan fingerprint density at radius 3 is 2.47 bits per heavy atom. The quantitative estimate of drug-likeness (QED) is 0.476. The molecule has 1 N–H and O–H groups in total. The number of hydrogen-bond acceptors (Lipinski definition) is 5. The Morgan fingerprint density at radius 2 is 1.72 bits per heavy atom. The van der Waals surface area contributed by atoms with Gasteiger partial charge in [0.25, 0.3) is 0 Å². The van der Waals surface area contributed by atoms with Crippen molar-refractivity contribution in [2.75, 3.05) is 5.32 Å². The molecule has 2 aromatic carbocycles. The summed E-state index contributed by atoms with van der Waals surface area (Å²) in [5, 5.41) is 2.63. The summed E-state index contributed by atoms with van der Waals surface area (Å²) >= 11 is 0. The number of nitrogens with one attached hydrogen (secondary N) is 1. The molecule has 32 heavy (non-hydrogen) atoms. The first-order valence-corrected chi connectivity index (χ1v) is 9.42. The summed E-state index contributed by atoms with van der Waals surface area (Å²) < 4.78 is 48.2. The van der Waals surface area contributed by atoms with Crippen molar-refractivity contribution in [3.63, 3.8) is 0 Å². The summed E-state index contributed by atoms with van der Waals surface area (Å²) in [6, 6.07) is 17.0. The molecule has 9 heteroatoms. The lowest BCUT2D eigenvalue weighted by Crippen LogP contribution is -2.20. The van der Waals surface area contributed by atoms with Crippen molar-refractivity contribution in [2.45, 2.75) is 12.8 Å². The minimum atomic E-state index is -4.98. The molecule has 0 saturated heterocycles. The highest BCUT2D eigenvalue weighted by atomic mass is 19.4. The molecule has 162 valence electrons. The number of aromatic nitrogens is 1. The van der Waals surface area contributed by atoms with Crippen LogP contribution >= 0.6 is 0 Å². The van der Waals surface area contributed by atoms with Crippen LogP contribution in [-0.4, -0.2) is 17.3 Å². The highest BCUT2D eigenvalue weighted by molar-refractivity contribution is 6.05. The molecular weight excluding hydrogens is 425 g/mol. The van der Waals surface area contributed by atoms with Gasteiger partial charge >= 0.3 is 12.0 Å². The van der Waals surface area contributed by atoms with E-state index in [4.69, 9.17) is 4.42 Å². The number of alkyl halides is 3. The number of nitrogens with zero attached hydrogens (tertiary/aromatic N) is 1. The average Bonchev–Trinajstić information content (AvgIpc) is 2.74. The molecule has 2 aromatic heterocycles. The van der Waals surface area contributed by atoms with Crippen molar-refractivity contribution in [3.8, 4) is 16.9 Å². The molecule has 0 spiro atoms. The van der Waals surface area contributed by atoms with Gasteiger partial charge in [-0.1, -0.05) is 48.5 Å². The van der Waals surface area contributed by atoms with Gasteiger partial charge in [0.15, 0.2) is 5.58 Å². The minimum absolute atomic E-state index is 0.0183. The Labute approximate surface area is 179 Å². The predicted molar refractivity (Wildman–Crippen MR) is 111 cm³/mol. The van der Waals surface area contributed by atoms with Crippen molar-refractivity contribution in [2.24, 2.45) is 0 Å². The third-order valence-electron chi connectivity index (χ3n) is 4.52. The summed E-state index contributed by atoms with van der Waals surface area (Å²) in [6.07, 6.45) is -3.59. The fourth-order valence-electron chi connectivity index (χ4n) is 3.25. The number of rotatable bonds is 5. The molecular formula is C23H15F3N2O4. The van der Waals surface area contributed by atoms with Crippen LogP contribution in [0.5, 0.6) is 5.75 Å². The molecule has 0 fully saturated rings. The lowest BCUT2D eigenvalue weighted by molar-refractivity contribution is -0.274. The second kappa shape index (κ2) is 8.54. The number of amides is 1. The summed E-state index contributed by atoms with van der Waals surface area (Å²) in [7, 11) is 0. The van der Waals surface area contributed by atoms with Gasteiger partial charge in [0, 0.05) is 11.8 Å². The van der Waals surface area contributed by atoms with Gasteiger partial charge in [0.2, 0.25) is 5.91 Å². The molecule has 0 bridgehead atoms. The van der Waals surface area contributed by atoms with E-state index in [-0.39, 0.29) is 34.3 Å². The molecule has 1 amide bonds. The van der Waals surface area contributed by atoms with Crippen LogP contribution in [0.1, 0.15) is 5.56 Å².